The molecule has 1 aromatic heterocycles. The maximum atomic E-state index is 11.5. The van der Waals surface area contributed by atoms with Crippen molar-refractivity contribution in [1.82, 2.24) is 0 Å². The number of aliphatic hydroxyl groups is 1. The van der Waals surface area contributed by atoms with Crippen LogP contribution in [0.2, 0.25) is 0 Å². The number of thioether (sulfide) groups is 1. The first-order chi connectivity index (χ1) is 8.09. The molecule has 1 N–H and O–H groups in total. The van der Waals surface area contributed by atoms with E-state index in [0.717, 1.165) is 36.3 Å². The van der Waals surface area contributed by atoms with E-state index in [1.54, 1.807) is 12.1 Å². The van der Waals surface area contributed by atoms with E-state index in [2.05, 4.69) is 6.92 Å². The summed E-state index contributed by atoms with van der Waals surface area (Å²) in [6, 6.07) is 5.37. The Kier molecular flexibility index (Phi) is 3.94. The van der Waals surface area contributed by atoms with Crippen molar-refractivity contribution >= 4 is 11.8 Å². The van der Waals surface area contributed by atoms with Crippen LogP contribution in [0.1, 0.15) is 32.6 Å². The van der Waals surface area contributed by atoms with Crippen molar-refractivity contribution in [2.45, 2.75) is 43.2 Å². The second kappa shape index (κ2) is 5.27. The Bertz CT molecular complexity index is 375. The zero-order valence-electron chi connectivity index (χ0n) is 10.1. The quantitative estimate of drug-likeness (QED) is 0.511. The lowest BCUT2D eigenvalue weighted by Crippen LogP contribution is -2.37. The van der Waals surface area contributed by atoms with E-state index >= 15 is 0 Å². The summed E-state index contributed by atoms with van der Waals surface area (Å²) < 4.78 is 0.861. The van der Waals surface area contributed by atoms with Gasteiger partial charge in [-0.3, -0.25) is 0 Å². The molecule has 3 nitrogen and oxygen atoms in total. The monoisotopic (exact) mass is 253 g/mol. The van der Waals surface area contributed by atoms with Crippen LogP contribution < -0.4 is 4.73 Å². The van der Waals surface area contributed by atoms with Crippen molar-refractivity contribution in [1.29, 1.82) is 0 Å². The summed E-state index contributed by atoms with van der Waals surface area (Å²) in [5.74, 6) is 1.34. The first-order valence-corrected chi connectivity index (χ1v) is 7.11. The molecular formula is C13H19NO2S. The highest BCUT2D eigenvalue weighted by atomic mass is 32.2. The van der Waals surface area contributed by atoms with Crippen LogP contribution in [0, 0.1) is 11.1 Å². The van der Waals surface area contributed by atoms with Crippen LogP contribution in [0.15, 0.2) is 29.4 Å². The number of aromatic nitrogens is 1. The number of hydrogen-bond acceptors (Lipinski definition) is 3. The molecule has 0 saturated heterocycles. The molecule has 4 heteroatoms. The van der Waals surface area contributed by atoms with Crippen LogP contribution in [0.25, 0.3) is 0 Å². The van der Waals surface area contributed by atoms with E-state index in [0.29, 0.717) is 10.8 Å². The van der Waals surface area contributed by atoms with Crippen molar-refractivity contribution in [3.05, 3.63) is 29.6 Å². The molecule has 0 amide bonds. The van der Waals surface area contributed by atoms with Gasteiger partial charge in [0.2, 0.25) is 0 Å². The van der Waals surface area contributed by atoms with Gasteiger partial charge in [0.15, 0.2) is 6.20 Å². The third-order valence-electron chi connectivity index (χ3n) is 3.48. The molecule has 1 saturated carbocycles. The minimum absolute atomic E-state index is 0.583. The summed E-state index contributed by atoms with van der Waals surface area (Å²) in [6.07, 6.45) is 5.38. The van der Waals surface area contributed by atoms with E-state index in [4.69, 9.17) is 0 Å². The smallest absolute Gasteiger partial charge is 0.251 e. The maximum absolute atomic E-state index is 11.5. The van der Waals surface area contributed by atoms with E-state index in [1.165, 1.54) is 18.0 Å². The van der Waals surface area contributed by atoms with Crippen molar-refractivity contribution in [2.24, 2.45) is 5.92 Å². The van der Waals surface area contributed by atoms with Crippen LogP contribution in [0.5, 0.6) is 0 Å². The Hall–Kier alpha value is -0.740. The largest absolute Gasteiger partial charge is 0.618 e. The molecule has 0 unspecified atom stereocenters. The van der Waals surface area contributed by atoms with Gasteiger partial charge in [0.05, 0.1) is 5.60 Å². The average molecular weight is 253 g/mol. The van der Waals surface area contributed by atoms with E-state index < -0.39 is 5.60 Å². The number of hydrogen-bond donors (Lipinski definition) is 1. The third kappa shape index (κ3) is 3.36. The van der Waals surface area contributed by atoms with Gasteiger partial charge in [0, 0.05) is 17.9 Å². The van der Waals surface area contributed by atoms with Crippen LogP contribution in [0.4, 0.5) is 0 Å². The lowest BCUT2D eigenvalue weighted by molar-refractivity contribution is -0.645. The summed E-state index contributed by atoms with van der Waals surface area (Å²) >= 11 is 1.45. The molecule has 94 valence electrons. The van der Waals surface area contributed by atoms with Gasteiger partial charge >= 0.3 is 0 Å². The fraction of sp³-hybridized carbons (Fsp3) is 0.615. The van der Waals surface area contributed by atoms with Crippen molar-refractivity contribution < 1.29 is 9.84 Å². The minimum atomic E-state index is -0.583. The normalized spacial score (nSPS) is 29.2. The summed E-state index contributed by atoms with van der Waals surface area (Å²) in [4.78, 5) is 0. The highest BCUT2D eigenvalue weighted by Crippen LogP contribution is 2.35. The van der Waals surface area contributed by atoms with E-state index in [1.807, 2.05) is 6.07 Å². The number of pyridine rings is 1. The second-order valence-electron chi connectivity index (χ2n) is 5.06. The molecule has 0 aliphatic heterocycles. The Labute approximate surface area is 106 Å². The van der Waals surface area contributed by atoms with Crippen LogP contribution in [-0.4, -0.2) is 16.5 Å². The van der Waals surface area contributed by atoms with Gasteiger partial charge in [0.1, 0.15) is 0 Å². The van der Waals surface area contributed by atoms with Crippen LogP contribution >= 0.6 is 11.8 Å². The third-order valence-corrected chi connectivity index (χ3v) is 4.78. The van der Waals surface area contributed by atoms with Crippen LogP contribution in [0.3, 0.4) is 0 Å². The van der Waals surface area contributed by atoms with Crippen LogP contribution in [-0.2, 0) is 0 Å². The Morgan fingerprint density at radius 1 is 1.47 bits per heavy atom. The summed E-state index contributed by atoms with van der Waals surface area (Å²) in [6.45, 7) is 2.23. The molecular weight excluding hydrogens is 234 g/mol. The van der Waals surface area contributed by atoms with Gasteiger partial charge < -0.3 is 10.3 Å². The second-order valence-corrected chi connectivity index (χ2v) is 6.06. The average Bonchev–Trinajstić information content (AvgIpc) is 2.33. The highest BCUT2D eigenvalue weighted by Gasteiger charge is 2.32. The Morgan fingerprint density at radius 3 is 2.82 bits per heavy atom. The first-order valence-electron chi connectivity index (χ1n) is 6.12. The number of nitrogens with zero attached hydrogens (tertiary/aromatic N) is 1. The lowest BCUT2D eigenvalue weighted by atomic mass is 9.81. The fourth-order valence-electron chi connectivity index (χ4n) is 2.18. The molecule has 0 aromatic carbocycles. The fourth-order valence-corrected chi connectivity index (χ4v) is 3.24. The number of rotatable bonds is 3. The predicted octanol–water partition coefficient (Wildman–Crippen LogP) is 2.35. The van der Waals surface area contributed by atoms with E-state index in [9.17, 15) is 10.3 Å². The SMILES string of the molecule is CC1CCC(O)(CSc2cccc[n+]2[O-])CC1. The van der Waals surface area contributed by atoms with Gasteiger partial charge in [-0.2, -0.15) is 4.73 Å². The molecule has 1 fully saturated rings. The molecule has 0 atom stereocenters. The van der Waals surface area contributed by atoms with Gasteiger partial charge in [0.25, 0.3) is 5.03 Å². The first kappa shape index (κ1) is 12.7. The molecule has 0 bridgehead atoms. The zero-order chi connectivity index (χ0) is 12.3. The van der Waals surface area contributed by atoms with Gasteiger partial charge in [-0.15, -0.1) is 0 Å². The molecule has 0 radical (unpaired) electrons. The highest BCUT2D eigenvalue weighted by molar-refractivity contribution is 7.99. The Morgan fingerprint density at radius 2 is 2.18 bits per heavy atom. The van der Waals surface area contributed by atoms with Gasteiger partial charge in [-0.25, -0.2) is 0 Å². The molecule has 17 heavy (non-hydrogen) atoms. The molecule has 1 aliphatic rings. The summed E-state index contributed by atoms with van der Waals surface area (Å²) in [5.41, 5.74) is -0.583. The molecule has 1 aromatic rings. The molecule has 1 aliphatic carbocycles. The summed E-state index contributed by atoms with van der Waals surface area (Å²) in [5, 5.41) is 22.5. The standard InChI is InChI=1S/C13H19NO2S/c1-11-5-7-13(15,8-6-11)10-17-12-4-2-3-9-14(12)16/h2-4,9,11,15H,5-8,10H2,1H3. The van der Waals surface area contributed by atoms with Crippen molar-refractivity contribution in [2.75, 3.05) is 5.75 Å². The van der Waals surface area contributed by atoms with Crippen molar-refractivity contribution in [3.8, 4) is 0 Å². The molecule has 2 rings (SSSR count). The molecule has 1 heterocycles. The van der Waals surface area contributed by atoms with Gasteiger partial charge in [-0.05, 0) is 37.7 Å². The Balaban J connectivity index is 1.92. The lowest BCUT2D eigenvalue weighted by Gasteiger charge is -2.34. The predicted molar refractivity (Wildman–Crippen MR) is 68.7 cm³/mol. The van der Waals surface area contributed by atoms with E-state index in [-0.39, 0.29) is 0 Å². The van der Waals surface area contributed by atoms with Gasteiger partial charge in [-0.1, -0.05) is 18.7 Å². The minimum Gasteiger partial charge on any atom is -0.618 e. The zero-order valence-corrected chi connectivity index (χ0v) is 10.9. The van der Waals surface area contributed by atoms with Crippen molar-refractivity contribution in [3.63, 3.8) is 0 Å². The summed E-state index contributed by atoms with van der Waals surface area (Å²) in [7, 11) is 0. The topological polar surface area (TPSA) is 47.2 Å². The maximum Gasteiger partial charge on any atom is 0.251 e. The molecule has 0 spiro atoms.